The molecule has 0 bridgehead atoms. The molecular formula is C12H17Cl2N. The fraction of sp³-hybridized carbons (Fsp3) is 0.500. The summed E-state index contributed by atoms with van der Waals surface area (Å²) in [6.07, 6.45) is 2.28. The number of aryl methyl sites for hydroxylation is 1. The summed E-state index contributed by atoms with van der Waals surface area (Å²) in [5, 5.41) is 4.85. The minimum absolute atomic E-state index is 0.422. The summed E-state index contributed by atoms with van der Waals surface area (Å²) in [5.41, 5.74) is 1.93. The molecule has 0 aliphatic rings. The Hall–Kier alpha value is -0.400. The normalized spacial score (nSPS) is 12.6. The van der Waals surface area contributed by atoms with Gasteiger partial charge in [-0.25, -0.2) is 0 Å². The highest BCUT2D eigenvalue weighted by atomic mass is 35.5. The number of hydrogen-bond acceptors (Lipinski definition) is 1. The smallest absolute Gasteiger partial charge is 0.0641 e. The minimum atomic E-state index is 0.422. The van der Waals surface area contributed by atoms with Crippen LogP contribution in [-0.2, 0) is 0 Å². The Kier molecular flexibility index (Phi) is 4.75. The highest BCUT2D eigenvalue weighted by Gasteiger charge is 2.07. The van der Waals surface area contributed by atoms with Crippen LogP contribution in [0.25, 0.3) is 0 Å². The maximum Gasteiger partial charge on any atom is 0.0641 e. The second-order valence-corrected chi connectivity index (χ2v) is 4.73. The van der Waals surface area contributed by atoms with Crippen molar-refractivity contribution in [3.05, 3.63) is 27.7 Å². The zero-order valence-electron chi connectivity index (χ0n) is 9.40. The Labute approximate surface area is 102 Å². The van der Waals surface area contributed by atoms with Crippen molar-refractivity contribution in [3.63, 3.8) is 0 Å². The monoisotopic (exact) mass is 245 g/mol. The molecule has 84 valence electrons. The molecule has 0 amide bonds. The predicted octanol–water partition coefficient (Wildman–Crippen LogP) is 4.90. The Morgan fingerprint density at radius 3 is 2.53 bits per heavy atom. The van der Waals surface area contributed by atoms with Crippen molar-refractivity contribution in [1.82, 2.24) is 0 Å². The lowest BCUT2D eigenvalue weighted by molar-refractivity contribution is 0.690. The number of anilines is 1. The van der Waals surface area contributed by atoms with Crippen LogP contribution in [0.5, 0.6) is 0 Å². The van der Waals surface area contributed by atoms with Crippen LogP contribution in [0.1, 0.15) is 32.3 Å². The van der Waals surface area contributed by atoms with Crippen molar-refractivity contribution in [1.29, 1.82) is 0 Å². The van der Waals surface area contributed by atoms with E-state index in [9.17, 15) is 0 Å². The van der Waals surface area contributed by atoms with Gasteiger partial charge in [-0.15, -0.1) is 0 Å². The zero-order valence-corrected chi connectivity index (χ0v) is 10.9. The second-order valence-electron chi connectivity index (χ2n) is 3.92. The van der Waals surface area contributed by atoms with E-state index in [1.54, 1.807) is 0 Å². The van der Waals surface area contributed by atoms with Crippen molar-refractivity contribution >= 4 is 28.9 Å². The number of halogens is 2. The molecule has 0 spiro atoms. The molecule has 0 saturated carbocycles. The molecule has 0 aliphatic heterocycles. The average molecular weight is 246 g/mol. The van der Waals surface area contributed by atoms with Crippen molar-refractivity contribution in [3.8, 4) is 0 Å². The van der Waals surface area contributed by atoms with Crippen LogP contribution in [0.15, 0.2) is 12.1 Å². The average Bonchev–Trinajstić information content (AvgIpc) is 2.14. The number of benzene rings is 1. The molecule has 3 heteroatoms. The maximum absolute atomic E-state index is 6.12. The molecule has 0 radical (unpaired) electrons. The molecule has 0 saturated heterocycles. The van der Waals surface area contributed by atoms with Gasteiger partial charge < -0.3 is 5.32 Å². The molecule has 1 aromatic rings. The summed E-state index contributed by atoms with van der Waals surface area (Å²) >= 11 is 12.2. The van der Waals surface area contributed by atoms with Crippen LogP contribution in [0.3, 0.4) is 0 Å². The van der Waals surface area contributed by atoms with Gasteiger partial charge in [0.05, 0.1) is 10.7 Å². The molecule has 1 N–H and O–H groups in total. The van der Waals surface area contributed by atoms with E-state index < -0.39 is 0 Å². The summed E-state index contributed by atoms with van der Waals surface area (Å²) in [5.74, 6) is 0. The first-order valence-corrected chi connectivity index (χ1v) is 6.02. The van der Waals surface area contributed by atoms with Crippen molar-refractivity contribution < 1.29 is 0 Å². The van der Waals surface area contributed by atoms with E-state index >= 15 is 0 Å². The number of rotatable bonds is 4. The van der Waals surface area contributed by atoms with E-state index in [1.165, 1.54) is 0 Å². The summed E-state index contributed by atoms with van der Waals surface area (Å²) in [7, 11) is 0. The van der Waals surface area contributed by atoms with Crippen LogP contribution in [0, 0.1) is 6.92 Å². The number of hydrogen-bond donors (Lipinski definition) is 1. The predicted molar refractivity (Wildman–Crippen MR) is 69.2 cm³/mol. The Morgan fingerprint density at radius 1 is 1.27 bits per heavy atom. The van der Waals surface area contributed by atoms with Gasteiger partial charge in [0.15, 0.2) is 0 Å². The van der Waals surface area contributed by atoms with Gasteiger partial charge in [-0.3, -0.25) is 0 Å². The van der Waals surface area contributed by atoms with Gasteiger partial charge in [0.25, 0.3) is 0 Å². The molecule has 1 unspecified atom stereocenters. The molecule has 1 aromatic carbocycles. The van der Waals surface area contributed by atoms with Crippen molar-refractivity contribution in [2.24, 2.45) is 0 Å². The van der Waals surface area contributed by atoms with Crippen LogP contribution in [-0.4, -0.2) is 6.04 Å². The molecule has 0 fully saturated rings. The van der Waals surface area contributed by atoms with Gasteiger partial charge >= 0.3 is 0 Å². The highest BCUT2D eigenvalue weighted by molar-refractivity contribution is 6.35. The topological polar surface area (TPSA) is 12.0 Å². The third kappa shape index (κ3) is 3.58. The molecule has 15 heavy (non-hydrogen) atoms. The molecule has 0 aromatic heterocycles. The molecule has 0 aliphatic carbocycles. The lowest BCUT2D eigenvalue weighted by atomic mass is 10.1. The third-order valence-electron chi connectivity index (χ3n) is 2.37. The summed E-state index contributed by atoms with van der Waals surface area (Å²) < 4.78 is 0. The second kappa shape index (κ2) is 5.62. The SMILES string of the molecule is CCCC(C)Nc1cc(Cl)c(C)cc1Cl. The zero-order chi connectivity index (χ0) is 11.4. The van der Waals surface area contributed by atoms with Crippen LogP contribution in [0.4, 0.5) is 5.69 Å². The lowest BCUT2D eigenvalue weighted by Crippen LogP contribution is -2.14. The Balaban J connectivity index is 2.81. The molecular weight excluding hydrogens is 229 g/mol. The number of nitrogens with one attached hydrogen (secondary N) is 1. The van der Waals surface area contributed by atoms with Crippen molar-refractivity contribution in [2.45, 2.75) is 39.7 Å². The van der Waals surface area contributed by atoms with E-state index in [-0.39, 0.29) is 0 Å². The fourth-order valence-corrected chi connectivity index (χ4v) is 1.96. The van der Waals surface area contributed by atoms with Gasteiger partial charge in [0.2, 0.25) is 0 Å². The Bertz CT molecular complexity index is 337. The van der Waals surface area contributed by atoms with E-state index in [4.69, 9.17) is 23.2 Å². The molecule has 0 heterocycles. The largest absolute Gasteiger partial charge is 0.381 e. The van der Waals surface area contributed by atoms with E-state index in [0.717, 1.165) is 34.1 Å². The lowest BCUT2D eigenvalue weighted by Gasteiger charge is -2.16. The van der Waals surface area contributed by atoms with Crippen LogP contribution in [0.2, 0.25) is 10.0 Å². The van der Waals surface area contributed by atoms with Gasteiger partial charge in [-0.2, -0.15) is 0 Å². The summed E-state index contributed by atoms with van der Waals surface area (Å²) in [6, 6.07) is 4.21. The minimum Gasteiger partial charge on any atom is -0.381 e. The first-order valence-electron chi connectivity index (χ1n) is 5.26. The molecule has 1 rings (SSSR count). The van der Waals surface area contributed by atoms with Crippen molar-refractivity contribution in [2.75, 3.05) is 5.32 Å². The quantitative estimate of drug-likeness (QED) is 0.796. The first kappa shape index (κ1) is 12.7. The standard InChI is InChI=1S/C12H17Cl2N/c1-4-5-9(3)15-12-7-10(13)8(2)6-11(12)14/h6-7,9,15H,4-5H2,1-3H3. The fourth-order valence-electron chi connectivity index (χ4n) is 1.53. The van der Waals surface area contributed by atoms with E-state index in [0.29, 0.717) is 6.04 Å². The highest BCUT2D eigenvalue weighted by Crippen LogP contribution is 2.29. The summed E-state index contributed by atoms with van der Waals surface area (Å²) in [6.45, 7) is 6.27. The first-order chi connectivity index (χ1) is 7.04. The van der Waals surface area contributed by atoms with E-state index in [2.05, 4.69) is 19.2 Å². The van der Waals surface area contributed by atoms with Gasteiger partial charge in [-0.05, 0) is 38.0 Å². The van der Waals surface area contributed by atoms with Gasteiger partial charge in [0, 0.05) is 11.1 Å². The third-order valence-corrected chi connectivity index (χ3v) is 3.09. The summed E-state index contributed by atoms with van der Waals surface area (Å²) in [4.78, 5) is 0. The van der Waals surface area contributed by atoms with Crippen LogP contribution >= 0.6 is 23.2 Å². The van der Waals surface area contributed by atoms with Gasteiger partial charge in [-0.1, -0.05) is 36.5 Å². The Morgan fingerprint density at radius 2 is 1.93 bits per heavy atom. The molecule has 1 atom stereocenters. The molecule has 1 nitrogen and oxygen atoms in total. The van der Waals surface area contributed by atoms with Gasteiger partial charge in [0.1, 0.15) is 0 Å². The van der Waals surface area contributed by atoms with Crippen LogP contribution < -0.4 is 5.32 Å². The van der Waals surface area contributed by atoms with E-state index in [1.807, 2.05) is 19.1 Å². The maximum atomic E-state index is 6.12.